The maximum Gasteiger partial charge on any atom is 0.263 e. The zero-order valence-electron chi connectivity index (χ0n) is 16.9. The molecule has 2 aliphatic rings. The number of anilines is 1. The summed E-state index contributed by atoms with van der Waals surface area (Å²) >= 11 is 12.5. The van der Waals surface area contributed by atoms with Crippen LogP contribution >= 0.6 is 23.2 Å². The largest absolute Gasteiger partial charge is 0.376 e. The van der Waals surface area contributed by atoms with Crippen LogP contribution in [-0.4, -0.2) is 41.4 Å². The molecule has 2 atom stereocenters. The molecule has 1 spiro atoms. The highest BCUT2D eigenvalue weighted by Gasteiger charge is 2.47. The predicted octanol–water partition coefficient (Wildman–Crippen LogP) is 3.49. The molecular weight excluding hydrogens is 411 g/mol. The summed E-state index contributed by atoms with van der Waals surface area (Å²) in [7, 11) is 0. The molecule has 2 saturated heterocycles. The van der Waals surface area contributed by atoms with Crippen molar-refractivity contribution < 1.29 is 4.74 Å². The molecule has 0 saturated carbocycles. The number of hydrogen-bond donors (Lipinski definition) is 1. The quantitative estimate of drug-likeness (QED) is 0.779. The molecule has 29 heavy (non-hydrogen) atoms. The van der Waals surface area contributed by atoms with Gasteiger partial charge in [-0.05, 0) is 45.7 Å². The van der Waals surface area contributed by atoms with Gasteiger partial charge in [0.2, 0.25) is 0 Å². The van der Waals surface area contributed by atoms with Gasteiger partial charge in [-0.2, -0.15) is 0 Å². The van der Waals surface area contributed by atoms with Crippen LogP contribution in [0, 0.1) is 19.3 Å². The Labute approximate surface area is 180 Å². The van der Waals surface area contributed by atoms with Crippen LogP contribution < -0.4 is 16.2 Å². The minimum atomic E-state index is -0.133. The van der Waals surface area contributed by atoms with Crippen molar-refractivity contribution in [2.45, 2.75) is 45.8 Å². The van der Waals surface area contributed by atoms with Crippen molar-refractivity contribution in [2.75, 3.05) is 24.6 Å². The highest BCUT2D eigenvalue weighted by Crippen LogP contribution is 2.42. The van der Waals surface area contributed by atoms with Gasteiger partial charge in [0.05, 0.1) is 34.0 Å². The van der Waals surface area contributed by atoms with E-state index in [2.05, 4.69) is 4.90 Å². The van der Waals surface area contributed by atoms with Gasteiger partial charge in [-0.15, -0.1) is 0 Å². The normalized spacial score (nSPS) is 23.7. The Morgan fingerprint density at radius 2 is 1.93 bits per heavy atom. The Morgan fingerprint density at radius 1 is 1.24 bits per heavy atom. The number of nitrogens with two attached hydrogens (primary N) is 1. The van der Waals surface area contributed by atoms with Gasteiger partial charge in [0.15, 0.2) is 0 Å². The third-order valence-electron chi connectivity index (χ3n) is 6.53. The Bertz CT molecular complexity index is 999. The number of hydrogen-bond acceptors (Lipinski definition) is 5. The SMILES string of the molecule is Cc1c(N2CCC3(CC2)CO[C@H](C)[C@@H]3N)nc(C)n(-c2cccc(Cl)c2Cl)c1=O. The molecule has 3 heterocycles. The fraction of sp³-hybridized carbons (Fsp3) is 0.524. The highest BCUT2D eigenvalue weighted by molar-refractivity contribution is 6.43. The zero-order chi connectivity index (χ0) is 20.9. The van der Waals surface area contributed by atoms with Crippen LogP contribution in [0.25, 0.3) is 5.69 Å². The Kier molecular flexibility index (Phi) is 5.40. The number of ether oxygens (including phenoxy) is 1. The third-order valence-corrected chi connectivity index (χ3v) is 7.34. The first kappa shape index (κ1) is 20.7. The standard InChI is InChI=1S/C21H26Cl2N4O2/c1-12-19(26-9-7-21(8-10-26)11-29-13(2)18(21)24)25-14(3)27(20(12)28)16-6-4-5-15(22)17(16)23/h4-6,13,18H,7-11,24H2,1-3H3/t13-,18+/m1/s1. The Hall–Kier alpha value is -1.60. The molecule has 2 aromatic rings. The van der Waals surface area contributed by atoms with Crippen molar-refractivity contribution >= 4 is 29.0 Å². The van der Waals surface area contributed by atoms with Gasteiger partial charge in [-0.3, -0.25) is 9.36 Å². The van der Waals surface area contributed by atoms with Crippen LogP contribution in [0.3, 0.4) is 0 Å². The summed E-state index contributed by atoms with van der Waals surface area (Å²) < 4.78 is 7.34. The van der Waals surface area contributed by atoms with E-state index in [1.807, 2.05) is 20.8 Å². The minimum Gasteiger partial charge on any atom is -0.376 e. The summed E-state index contributed by atoms with van der Waals surface area (Å²) in [6.45, 7) is 7.99. The number of aromatic nitrogens is 2. The van der Waals surface area contributed by atoms with Crippen LogP contribution in [0.2, 0.25) is 10.0 Å². The van der Waals surface area contributed by atoms with Crippen molar-refractivity contribution in [3.8, 4) is 5.69 Å². The minimum absolute atomic E-state index is 0.0299. The molecule has 0 radical (unpaired) electrons. The average Bonchev–Trinajstić information content (AvgIpc) is 2.97. The molecule has 2 N–H and O–H groups in total. The monoisotopic (exact) mass is 436 g/mol. The first-order valence-electron chi connectivity index (χ1n) is 9.92. The zero-order valence-corrected chi connectivity index (χ0v) is 18.4. The first-order chi connectivity index (χ1) is 13.7. The summed E-state index contributed by atoms with van der Waals surface area (Å²) in [5, 5.41) is 0.750. The van der Waals surface area contributed by atoms with Gasteiger partial charge >= 0.3 is 0 Å². The van der Waals surface area contributed by atoms with E-state index >= 15 is 0 Å². The fourth-order valence-electron chi connectivity index (χ4n) is 4.59. The van der Waals surface area contributed by atoms with Crippen LogP contribution in [0.4, 0.5) is 5.82 Å². The van der Waals surface area contributed by atoms with E-state index in [1.165, 1.54) is 4.57 Å². The van der Waals surface area contributed by atoms with Gasteiger partial charge < -0.3 is 15.4 Å². The Morgan fingerprint density at radius 3 is 2.55 bits per heavy atom. The number of halogens is 2. The fourth-order valence-corrected chi connectivity index (χ4v) is 4.97. The molecule has 6 nitrogen and oxygen atoms in total. The third kappa shape index (κ3) is 3.36. The second kappa shape index (κ2) is 7.58. The average molecular weight is 437 g/mol. The van der Waals surface area contributed by atoms with Gasteiger partial charge in [0, 0.05) is 24.5 Å². The molecule has 4 rings (SSSR count). The van der Waals surface area contributed by atoms with Crippen LogP contribution in [0.1, 0.15) is 31.2 Å². The van der Waals surface area contributed by atoms with Crippen LogP contribution in [-0.2, 0) is 4.74 Å². The summed E-state index contributed by atoms with van der Waals surface area (Å²) in [6, 6.07) is 5.30. The van der Waals surface area contributed by atoms with Crippen molar-refractivity contribution in [1.29, 1.82) is 0 Å². The van der Waals surface area contributed by atoms with Gasteiger partial charge in [0.1, 0.15) is 11.6 Å². The van der Waals surface area contributed by atoms with Crippen molar-refractivity contribution in [2.24, 2.45) is 11.1 Å². The summed E-state index contributed by atoms with van der Waals surface area (Å²) in [5.41, 5.74) is 7.47. The second-order valence-corrected chi connectivity index (χ2v) is 9.00. The molecule has 0 bridgehead atoms. The van der Waals surface area contributed by atoms with Gasteiger partial charge in [0.25, 0.3) is 5.56 Å². The first-order valence-corrected chi connectivity index (χ1v) is 10.7. The van der Waals surface area contributed by atoms with Crippen LogP contribution in [0.5, 0.6) is 0 Å². The van der Waals surface area contributed by atoms with E-state index in [0.29, 0.717) is 33.7 Å². The molecule has 0 amide bonds. The lowest BCUT2D eigenvalue weighted by Crippen LogP contribution is -2.51. The second-order valence-electron chi connectivity index (χ2n) is 8.21. The van der Waals surface area contributed by atoms with E-state index in [4.69, 9.17) is 38.7 Å². The molecule has 8 heteroatoms. The van der Waals surface area contributed by atoms with E-state index < -0.39 is 0 Å². The lowest BCUT2D eigenvalue weighted by molar-refractivity contribution is 0.0974. The number of aryl methyl sites for hydroxylation is 1. The van der Waals surface area contributed by atoms with E-state index in [1.54, 1.807) is 18.2 Å². The number of rotatable bonds is 2. The summed E-state index contributed by atoms with van der Waals surface area (Å²) in [5.74, 6) is 1.31. The molecule has 1 aromatic carbocycles. The topological polar surface area (TPSA) is 73.4 Å². The van der Waals surface area contributed by atoms with E-state index in [0.717, 1.165) is 31.7 Å². The molecule has 2 fully saturated rings. The van der Waals surface area contributed by atoms with E-state index in [9.17, 15) is 4.79 Å². The molecule has 0 aliphatic carbocycles. The highest BCUT2D eigenvalue weighted by atomic mass is 35.5. The van der Waals surface area contributed by atoms with Gasteiger partial charge in [-0.1, -0.05) is 29.3 Å². The Balaban J connectivity index is 1.66. The maximum atomic E-state index is 13.2. The van der Waals surface area contributed by atoms with Crippen molar-refractivity contribution in [1.82, 2.24) is 9.55 Å². The van der Waals surface area contributed by atoms with Gasteiger partial charge in [-0.25, -0.2) is 4.98 Å². The van der Waals surface area contributed by atoms with E-state index in [-0.39, 0.29) is 23.1 Å². The molecule has 2 aliphatic heterocycles. The molecule has 1 aromatic heterocycles. The van der Waals surface area contributed by atoms with Crippen molar-refractivity contribution in [3.05, 3.63) is 50.0 Å². The molecule has 156 valence electrons. The smallest absolute Gasteiger partial charge is 0.263 e. The predicted molar refractivity (Wildman–Crippen MR) is 117 cm³/mol. The number of nitrogens with zero attached hydrogens (tertiary/aromatic N) is 3. The van der Waals surface area contributed by atoms with Crippen molar-refractivity contribution in [3.63, 3.8) is 0 Å². The lowest BCUT2D eigenvalue weighted by atomic mass is 9.73. The summed E-state index contributed by atoms with van der Waals surface area (Å²) in [6.07, 6.45) is 1.96. The van der Waals surface area contributed by atoms with Crippen LogP contribution in [0.15, 0.2) is 23.0 Å². The molecular formula is C21H26Cl2N4O2. The number of piperidine rings is 1. The molecule has 0 unspecified atom stereocenters. The summed E-state index contributed by atoms with van der Waals surface area (Å²) in [4.78, 5) is 20.2. The maximum absolute atomic E-state index is 13.2. The number of benzene rings is 1. The lowest BCUT2D eigenvalue weighted by Gasteiger charge is -2.42.